The number of aryl methyl sites for hydroxylation is 1. The zero-order valence-electron chi connectivity index (χ0n) is 12.1. The molecule has 20 heavy (non-hydrogen) atoms. The highest BCUT2D eigenvalue weighted by molar-refractivity contribution is 7.85. The summed E-state index contributed by atoms with van der Waals surface area (Å²) in [5, 5.41) is 3.80. The summed E-state index contributed by atoms with van der Waals surface area (Å²) in [6.07, 6.45) is 5.69. The predicted molar refractivity (Wildman–Crippen MR) is 82.7 cm³/mol. The van der Waals surface area contributed by atoms with Gasteiger partial charge in [-0.25, -0.2) is 0 Å². The molecule has 3 nitrogen and oxygen atoms in total. The molecule has 1 aromatic carbocycles. The summed E-state index contributed by atoms with van der Waals surface area (Å²) in [5.41, 5.74) is 2.86. The van der Waals surface area contributed by atoms with Gasteiger partial charge in [-0.3, -0.25) is 4.21 Å². The Morgan fingerprint density at radius 2 is 2.05 bits per heavy atom. The van der Waals surface area contributed by atoms with Crippen LogP contribution in [0.15, 0.2) is 18.2 Å². The first-order chi connectivity index (χ1) is 9.76. The van der Waals surface area contributed by atoms with E-state index >= 15 is 0 Å². The third-order valence-corrected chi connectivity index (χ3v) is 5.87. The second kappa shape index (κ2) is 6.27. The van der Waals surface area contributed by atoms with Gasteiger partial charge in [0, 0.05) is 34.4 Å². The van der Waals surface area contributed by atoms with Gasteiger partial charge in [0.05, 0.1) is 7.11 Å². The maximum atomic E-state index is 11.4. The first-order valence-electron chi connectivity index (χ1n) is 7.54. The van der Waals surface area contributed by atoms with Crippen molar-refractivity contribution in [3.63, 3.8) is 0 Å². The molecule has 1 atom stereocenters. The van der Waals surface area contributed by atoms with Crippen LogP contribution in [0.5, 0.6) is 5.75 Å². The Bertz CT molecular complexity index is 493. The van der Waals surface area contributed by atoms with Gasteiger partial charge in [0.1, 0.15) is 5.75 Å². The zero-order valence-corrected chi connectivity index (χ0v) is 12.9. The molecule has 1 saturated heterocycles. The number of hydrogen-bond donors (Lipinski definition) is 1. The molecule has 1 heterocycles. The standard InChI is InChI=1S/C16H23NO2S/c1-19-14-5-6-15-12(11-14)3-2-4-16(15)17-13-7-9-20(18)10-8-13/h5-6,11,13,16-17H,2-4,7-10H2,1H3. The van der Waals surface area contributed by atoms with Crippen LogP contribution in [-0.4, -0.2) is 28.9 Å². The van der Waals surface area contributed by atoms with Crippen LogP contribution in [0.25, 0.3) is 0 Å². The first kappa shape index (κ1) is 14.1. The summed E-state index contributed by atoms with van der Waals surface area (Å²) in [5.74, 6) is 2.68. The number of fused-ring (bicyclic) bond motifs is 1. The van der Waals surface area contributed by atoms with Crippen LogP contribution in [0.3, 0.4) is 0 Å². The summed E-state index contributed by atoms with van der Waals surface area (Å²) in [4.78, 5) is 0. The normalized spacial score (nSPS) is 29.8. The van der Waals surface area contributed by atoms with Gasteiger partial charge in [-0.15, -0.1) is 0 Å². The third-order valence-electron chi connectivity index (χ3n) is 4.49. The lowest BCUT2D eigenvalue weighted by atomic mass is 9.87. The maximum absolute atomic E-state index is 11.4. The Hall–Kier alpha value is -0.870. The molecule has 1 unspecified atom stereocenters. The first-order valence-corrected chi connectivity index (χ1v) is 9.03. The second-order valence-electron chi connectivity index (χ2n) is 5.80. The molecular weight excluding hydrogens is 270 g/mol. The Kier molecular flexibility index (Phi) is 4.41. The highest BCUT2D eigenvalue weighted by Gasteiger charge is 2.25. The minimum Gasteiger partial charge on any atom is -0.497 e. The van der Waals surface area contributed by atoms with Gasteiger partial charge in [0.2, 0.25) is 0 Å². The van der Waals surface area contributed by atoms with Crippen LogP contribution >= 0.6 is 0 Å². The molecule has 110 valence electrons. The fraction of sp³-hybridized carbons (Fsp3) is 0.625. The molecule has 0 bridgehead atoms. The topological polar surface area (TPSA) is 38.3 Å². The predicted octanol–water partition coefficient (Wildman–Crippen LogP) is 2.57. The molecule has 0 radical (unpaired) electrons. The second-order valence-corrected chi connectivity index (χ2v) is 7.49. The van der Waals surface area contributed by atoms with Crippen molar-refractivity contribution in [1.82, 2.24) is 5.32 Å². The summed E-state index contributed by atoms with van der Waals surface area (Å²) in [6.45, 7) is 0. The van der Waals surface area contributed by atoms with Crippen molar-refractivity contribution >= 4 is 10.8 Å². The molecule has 0 spiro atoms. The van der Waals surface area contributed by atoms with Crippen LogP contribution in [0.4, 0.5) is 0 Å². The number of rotatable bonds is 3. The average molecular weight is 293 g/mol. The largest absolute Gasteiger partial charge is 0.497 e. The summed E-state index contributed by atoms with van der Waals surface area (Å²) < 4.78 is 16.8. The van der Waals surface area contributed by atoms with E-state index in [1.54, 1.807) is 7.11 Å². The van der Waals surface area contributed by atoms with Crippen LogP contribution in [0, 0.1) is 0 Å². The van der Waals surface area contributed by atoms with Crippen molar-refractivity contribution in [2.75, 3.05) is 18.6 Å². The van der Waals surface area contributed by atoms with E-state index in [1.807, 2.05) is 0 Å². The molecule has 1 fully saturated rings. The van der Waals surface area contributed by atoms with Crippen molar-refractivity contribution in [3.8, 4) is 5.75 Å². The smallest absolute Gasteiger partial charge is 0.119 e. The van der Waals surface area contributed by atoms with Crippen molar-refractivity contribution in [2.24, 2.45) is 0 Å². The fourth-order valence-electron chi connectivity index (χ4n) is 3.34. The molecule has 0 aromatic heterocycles. The highest BCUT2D eigenvalue weighted by atomic mass is 32.2. The van der Waals surface area contributed by atoms with E-state index in [-0.39, 0.29) is 0 Å². The van der Waals surface area contributed by atoms with Gasteiger partial charge in [-0.1, -0.05) is 6.07 Å². The molecule has 1 aliphatic carbocycles. The van der Waals surface area contributed by atoms with Crippen molar-refractivity contribution in [3.05, 3.63) is 29.3 Å². The van der Waals surface area contributed by atoms with E-state index in [2.05, 4.69) is 23.5 Å². The molecule has 3 rings (SSSR count). The molecular formula is C16H23NO2S. The van der Waals surface area contributed by atoms with Gasteiger partial charge < -0.3 is 10.1 Å². The lowest BCUT2D eigenvalue weighted by molar-refractivity contribution is 0.374. The number of benzene rings is 1. The zero-order chi connectivity index (χ0) is 13.9. The monoisotopic (exact) mass is 293 g/mol. The van der Waals surface area contributed by atoms with Gasteiger partial charge in [-0.05, 0) is 55.4 Å². The van der Waals surface area contributed by atoms with E-state index in [0.29, 0.717) is 12.1 Å². The Balaban J connectivity index is 1.71. The Morgan fingerprint density at radius 1 is 1.25 bits per heavy atom. The van der Waals surface area contributed by atoms with Crippen LogP contribution in [-0.2, 0) is 17.2 Å². The van der Waals surface area contributed by atoms with Crippen LogP contribution in [0.2, 0.25) is 0 Å². The quantitative estimate of drug-likeness (QED) is 0.931. The lowest BCUT2D eigenvalue weighted by Crippen LogP contribution is -2.39. The fourth-order valence-corrected chi connectivity index (χ4v) is 4.63. The highest BCUT2D eigenvalue weighted by Crippen LogP contribution is 2.33. The molecule has 1 aromatic rings. The molecule has 2 aliphatic rings. The number of nitrogens with one attached hydrogen (secondary N) is 1. The van der Waals surface area contributed by atoms with Crippen LogP contribution in [0.1, 0.15) is 42.9 Å². The van der Waals surface area contributed by atoms with Gasteiger partial charge in [0.25, 0.3) is 0 Å². The average Bonchev–Trinajstić information content (AvgIpc) is 2.49. The molecule has 4 heteroatoms. The van der Waals surface area contributed by atoms with E-state index in [4.69, 9.17) is 4.74 Å². The molecule has 1 N–H and O–H groups in total. The SMILES string of the molecule is COc1ccc2c(c1)CCCC2NC1CCS(=O)CC1. The van der Waals surface area contributed by atoms with Gasteiger partial charge in [0.15, 0.2) is 0 Å². The van der Waals surface area contributed by atoms with Crippen molar-refractivity contribution in [1.29, 1.82) is 0 Å². The Labute approximate surface area is 123 Å². The summed E-state index contributed by atoms with van der Waals surface area (Å²) >= 11 is 0. The van der Waals surface area contributed by atoms with Crippen LogP contribution < -0.4 is 10.1 Å². The van der Waals surface area contributed by atoms with Gasteiger partial charge >= 0.3 is 0 Å². The lowest BCUT2D eigenvalue weighted by Gasteiger charge is -2.32. The molecule has 1 aliphatic heterocycles. The van der Waals surface area contributed by atoms with E-state index in [9.17, 15) is 4.21 Å². The minimum absolute atomic E-state index is 0.459. The Morgan fingerprint density at radius 3 is 2.80 bits per heavy atom. The molecule has 0 saturated carbocycles. The van der Waals surface area contributed by atoms with Gasteiger partial charge in [-0.2, -0.15) is 0 Å². The van der Waals surface area contributed by atoms with Crippen molar-refractivity contribution < 1.29 is 8.95 Å². The van der Waals surface area contributed by atoms with E-state index in [0.717, 1.165) is 36.5 Å². The van der Waals surface area contributed by atoms with E-state index < -0.39 is 10.8 Å². The van der Waals surface area contributed by atoms with Crippen molar-refractivity contribution in [2.45, 2.75) is 44.2 Å². The van der Waals surface area contributed by atoms with E-state index in [1.165, 1.54) is 24.0 Å². The molecule has 0 amide bonds. The number of ether oxygens (including phenoxy) is 1. The summed E-state index contributed by atoms with van der Waals surface area (Å²) in [6, 6.07) is 7.45. The number of hydrogen-bond acceptors (Lipinski definition) is 3. The maximum Gasteiger partial charge on any atom is 0.119 e. The minimum atomic E-state index is -0.573. The summed E-state index contributed by atoms with van der Waals surface area (Å²) in [7, 11) is 1.15. The third kappa shape index (κ3) is 3.07. The number of methoxy groups -OCH3 is 1.